The molecule has 1 aromatic heterocycles. The zero-order valence-electron chi connectivity index (χ0n) is 12.7. The van der Waals surface area contributed by atoms with E-state index >= 15 is 0 Å². The van der Waals surface area contributed by atoms with Gasteiger partial charge in [0.1, 0.15) is 0 Å². The summed E-state index contributed by atoms with van der Waals surface area (Å²) >= 11 is 0. The lowest BCUT2D eigenvalue weighted by molar-refractivity contribution is 0.0619. The Labute approximate surface area is 121 Å². The van der Waals surface area contributed by atoms with Crippen molar-refractivity contribution >= 4 is 0 Å². The normalized spacial score (nSPS) is 23.7. The molecule has 1 aliphatic heterocycles. The van der Waals surface area contributed by atoms with Gasteiger partial charge in [-0.15, -0.1) is 0 Å². The molecule has 3 N–H and O–H groups in total. The van der Waals surface area contributed by atoms with Crippen LogP contribution < -0.4 is 5.73 Å². The summed E-state index contributed by atoms with van der Waals surface area (Å²) in [4.78, 5) is 2.50. The summed E-state index contributed by atoms with van der Waals surface area (Å²) in [5, 5.41) is 13.6. The van der Waals surface area contributed by atoms with Gasteiger partial charge in [-0.05, 0) is 32.2 Å². The van der Waals surface area contributed by atoms with Crippen LogP contribution in [0.4, 0.5) is 0 Å². The smallest absolute Gasteiger partial charge is 0.0538 e. The molecule has 0 amide bonds. The topological polar surface area (TPSA) is 67.3 Å². The maximum absolute atomic E-state index is 9.31. The number of nitrogens with zero attached hydrogens (tertiary/aromatic N) is 3. The molecule has 0 bridgehead atoms. The lowest BCUT2D eigenvalue weighted by atomic mass is 9.91. The first-order valence-corrected chi connectivity index (χ1v) is 7.78. The SMILES string of the molecule is CCC(N)C(c1cnn(C)c1)N1CCCCC1CCO. The summed E-state index contributed by atoms with van der Waals surface area (Å²) in [6, 6.07) is 0.764. The number of aryl methyl sites for hydroxylation is 1. The molecule has 114 valence electrons. The number of aromatic nitrogens is 2. The van der Waals surface area contributed by atoms with Crippen LogP contribution in [0.1, 0.15) is 50.6 Å². The Bertz CT molecular complexity index is 404. The Kier molecular flexibility index (Phi) is 5.57. The molecule has 3 unspecified atom stereocenters. The molecule has 2 rings (SSSR count). The first-order chi connectivity index (χ1) is 9.67. The van der Waals surface area contributed by atoms with Crippen molar-refractivity contribution in [3.63, 3.8) is 0 Å². The third kappa shape index (κ3) is 3.40. The predicted molar refractivity (Wildman–Crippen MR) is 80.3 cm³/mol. The Morgan fingerprint density at radius 3 is 2.90 bits per heavy atom. The van der Waals surface area contributed by atoms with Crippen LogP contribution in [0.3, 0.4) is 0 Å². The van der Waals surface area contributed by atoms with E-state index in [1.54, 1.807) is 0 Å². The van der Waals surface area contributed by atoms with E-state index in [9.17, 15) is 5.11 Å². The van der Waals surface area contributed by atoms with E-state index in [0.29, 0.717) is 6.04 Å². The monoisotopic (exact) mass is 280 g/mol. The number of hydrogen-bond donors (Lipinski definition) is 2. The van der Waals surface area contributed by atoms with Crippen molar-refractivity contribution in [2.45, 2.75) is 57.2 Å². The van der Waals surface area contributed by atoms with Gasteiger partial charge < -0.3 is 10.8 Å². The van der Waals surface area contributed by atoms with Crippen LogP contribution in [0.25, 0.3) is 0 Å². The van der Waals surface area contributed by atoms with Crippen LogP contribution in [0.15, 0.2) is 12.4 Å². The number of likely N-dealkylation sites (tertiary alicyclic amines) is 1. The van der Waals surface area contributed by atoms with Crippen LogP contribution >= 0.6 is 0 Å². The average Bonchev–Trinajstić information content (AvgIpc) is 2.87. The van der Waals surface area contributed by atoms with Crippen LogP contribution in [0.5, 0.6) is 0 Å². The highest BCUT2D eigenvalue weighted by atomic mass is 16.3. The minimum absolute atomic E-state index is 0.110. The third-order valence-corrected chi connectivity index (χ3v) is 4.44. The number of nitrogens with two attached hydrogens (primary N) is 1. The van der Waals surface area contributed by atoms with Crippen LogP contribution in [0, 0.1) is 0 Å². The van der Waals surface area contributed by atoms with Crippen molar-refractivity contribution in [1.82, 2.24) is 14.7 Å². The van der Waals surface area contributed by atoms with Gasteiger partial charge >= 0.3 is 0 Å². The Balaban J connectivity index is 2.24. The number of aliphatic hydroxyl groups is 1. The minimum Gasteiger partial charge on any atom is -0.396 e. The molecule has 0 spiro atoms. The van der Waals surface area contributed by atoms with Gasteiger partial charge in [-0.1, -0.05) is 13.3 Å². The molecule has 0 aliphatic carbocycles. The van der Waals surface area contributed by atoms with Crippen LogP contribution in [-0.4, -0.2) is 45.0 Å². The second-order valence-electron chi connectivity index (χ2n) is 5.86. The standard InChI is InChI=1S/C15H28N4O/c1-3-14(16)15(12-10-17-18(2)11-12)19-8-5-4-6-13(19)7-9-20/h10-11,13-15,20H,3-9,16H2,1-2H3. The molecular formula is C15H28N4O. The Morgan fingerprint density at radius 1 is 1.50 bits per heavy atom. The fourth-order valence-electron chi connectivity index (χ4n) is 3.35. The van der Waals surface area contributed by atoms with E-state index in [-0.39, 0.29) is 18.7 Å². The minimum atomic E-state index is 0.110. The zero-order chi connectivity index (χ0) is 14.5. The molecule has 1 aliphatic rings. The Morgan fingerprint density at radius 2 is 2.30 bits per heavy atom. The summed E-state index contributed by atoms with van der Waals surface area (Å²) in [7, 11) is 1.94. The van der Waals surface area contributed by atoms with Gasteiger partial charge in [0.05, 0.1) is 12.2 Å². The average molecular weight is 280 g/mol. The summed E-state index contributed by atoms with van der Waals surface area (Å²) < 4.78 is 1.84. The first kappa shape index (κ1) is 15.5. The lowest BCUT2D eigenvalue weighted by Gasteiger charge is -2.43. The molecule has 2 heterocycles. The highest BCUT2D eigenvalue weighted by molar-refractivity contribution is 5.14. The van der Waals surface area contributed by atoms with Crippen molar-refractivity contribution in [3.05, 3.63) is 18.0 Å². The second-order valence-corrected chi connectivity index (χ2v) is 5.86. The molecule has 0 saturated carbocycles. The van der Waals surface area contributed by atoms with Crippen LogP contribution in [0.2, 0.25) is 0 Å². The predicted octanol–water partition coefficient (Wildman–Crippen LogP) is 1.44. The fraction of sp³-hybridized carbons (Fsp3) is 0.800. The van der Waals surface area contributed by atoms with Gasteiger partial charge in [-0.3, -0.25) is 9.58 Å². The molecule has 1 fully saturated rings. The van der Waals surface area contributed by atoms with Gasteiger partial charge in [-0.25, -0.2) is 0 Å². The molecule has 1 saturated heterocycles. The third-order valence-electron chi connectivity index (χ3n) is 4.44. The summed E-state index contributed by atoms with van der Waals surface area (Å²) in [5.74, 6) is 0. The lowest BCUT2D eigenvalue weighted by Crippen LogP contribution is -2.48. The van der Waals surface area contributed by atoms with Crippen molar-refractivity contribution in [1.29, 1.82) is 0 Å². The van der Waals surface area contributed by atoms with Crippen molar-refractivity contribution in [2.24, 2.45) is 12.8 Å². The number of piperidine rings is 1. The molecule has 5 nitrogen and oxygen atoms in total. The highest BCUT2D eigenvalue weighted by Crippen LogP contribution is 2.32. The van der Waals surface area contributed by atoms with E-state index < -0.39 is 0 Å². The molecular weight excluding hydrogens is 252 g/mol. The summed E-state index contributed by atoms with van der Waals surface area (Å²) in [6.07, 6.45) is 9.43. The second kappa shape index (κ2) is 7.20. The van der Waals surface area contributed by atoms with Gasteiger partial charge in [0.2, 0.25) is 0 Å². The van der Waals surface area contributed by atoms with Crippen molar-refractivity contribution in [2.75, 3.05) is 13.2 Å². The van der Waals surface area contributed by atoms with Crippen LogP contribution in [-0.2, 0) is 7.05 Å². The van der Waals surface area contributed by atoms with Gasteiger partial charge in [0.15, 0.2) is 0 Å². The summed E-state index contributed by atoms with van der Waals surface area (Å²) in [6.45, 7) is 3.46. The Hall–Kier alpha value is -0.910. The van der Waals surface area contributed by atoms with E-state index in [2.05, 4.69) is 23.1 Å². The molecule has 20 heavy (non-hydrogen) atoms. The van der Waals surface area contributed by atoms with Gasteiger partial charge in [-0.2, -0.15) is 5.10 Å². The highest BCUT2D eigenvalue weighted by Gasteiger charge is 2.33. The molecule has 0 aromatic carbocycles. The van der Waals surface area contributed by atoms with E-state index in [0.717, 1.165) is 25.8 Å². The number of aliphatic hydroxyl groups excluding tert-OH is 1. The first-order valence-electron chi connectivity index (χ1n) is 7.78. The molecule has 0 radical (unpaired) electrons. The molecule has 1 aromatic rings. The molecule has 3 atom stereocenters. The fourth-order valence-corrected chi connectivity index (χ4v) is 3.35. The van der Waals surface area contributed by atoms with Gasteiger partial charge in [0.25, 0.3) is 0 Å². The quantitative estimate of drug-likeness (QED) is 0.827. The zero-order valence-corrected chi connectivity index (χ0v) is 12.7. The number of hydrogen-bond acceptors (Lipinski definition) is 4. The van der Waals surface area contributed by atoms with E-state index in [4.69, 9.17) is 5.73 Å². The number of rotatable bonds is 6. The summed E-state index contributed by atoms with van der Waals surface area (Å²) in [5.41, 5.74) is 7.61. The maximum Gasteiger partial charge on any atom is 0.0538 e. The maximum atomic E-state index is 9.31. The van der Waals surface area contributed by atoms with E-state index in [1.807, 2.05) is 17.9 Å². The van der Waals surface area contributed by atoms with Crippen molar-refractivity contribution < 1.29 is 5.11 Å². The largest absolute Gasteiger partial charge is 0.396 e. The van der Waals surface area contributed by atoms with Gasteiger partial charge in [0, 0.05) is 37.5 Å². The van der Waals surface area contributed by atoms with E-state index in [1.165, 1.54) is 18.4 Å². The van der Waals surface area contributed by atoms with Crippen molar-refractivity contribution in [3.8, 4) is 0 Å². The molecule has 5 heteroatoms.